The van der Waals surface area contributed by atoms with Crippen molar-refractivity contribution in [1.29, 1.82) is 0 Å². The molecule has 7 heteroatoms. The highest BCUT2D eigenvalue weighted by atomic mass is 16.7. The van der Waals surface area contributed by atoms with E-state index in [0.717, 1.165) is 28.3 Å². The molecule has 0 saturated heterocycles. The minimum Gasteiger partial charge on any atom is -0.454 e. The number of benzene rings is 3. The number of carbonyl (C=O) groups is 1. The van der Waals surface area contributed by atoms with Crippen LogP contribution in [0.5, 0.6) is 23.0 Å². The summed E-state index contributed by atoms with van der Waals surface area (Å²) in [6.07, 6.45) is -0.306. The average molecular weight is 402 g/mol. The van der Waals surface area contributed by atoms with E-state index in [9.17, 15) is 4.79 Å². The molecule has 0 fully saturated rings. The van der Waals surface area contributed by atoms with E-state index in [1.165, 1.54) is 0 Å². The Morgan fingerprint density at radius 3 is 2.37 bits per heavy atom. The van der Waals surface area contributed by atoms with Gasteiger partial charge < -0.3 is 29.2 Å². The molecule has 30 heavy (non-hydrogen) atoms. The number of ether oxygens (including phenoxy) is 4. The average Bonchev–Trinajstić information content (AvgIpc) is 3.48. The quantitative estimate of drug-likeness (QED) is 0.714. The first-order valence-corrected chi connectivity index (χ1v) is 9.71. The van der Waals surface area contributed by atoms with E-state index in [0.29, 0.717) is 23.6 Å². The molecule has 0 saturated carbocycles. The predicted octanol–water partition coefficient (Wildman–Crippen LogP) is 3.91. The molecule has 1 amide bonds. The Morgan fingerprint density at radius 2 is 1.53 bits per heavy atom. The first kappa shape index (κ1) is 17.0. The lowest BCUT2D eigenvalue weighted by molar-refractivity contribution is 0.0728. The zero-order valence-electron chi connectivity index (χ0n) is 16.0. The van der Waals surface area contributed by atoms with Crippen molar-refractivity contribution in [3.05, 3.63) is 77.4 Å². The van der Waals surface area contributed by atoms with Crippen molar-refractivity contribution in [2.45, 2.75) is 12.7 Å². The van der Waals surface area contributed by atoms with Crippen LogP contribution in [-0.4, -0.2) is 24.4 Å². The van der Waals surface area contributed by atoms with E-state index in [1.54, 1.807) is 0 Å². The van der Waals surface area contributed by atoms with Crippen LogP contribution in [0.15, 0.2) is 60.7 Å². The number of nitrogens with one attached hydrogen (secondary N) is 1. The molecule has 0 radical (unpaired) electrons. The maximum atomic E-state index is 13.2. The fraction of sp³-hybridized carbons (Fsp3) is 0.174. The molecule has 3 aliphatic rings. The number of hydrogen-bond donors (Lipinski definition) is 1. The lowest BCUT2D eigenvalue weighted by atomic mass is 10.1. The molecule has 3 aromatic carbocycles. The number of carbonyl (C=O) groups excluding carboxylic acids is 1. The molecule has 0 aromatic heterocycles. The van der Waals surface area contributed by atoms with Crippen molar-refractivity contribution < 1.29 is 23.7 Å². The molecule has 3 aromatic rings. The van der Waals surface area contributed by atoms with Crippen LogP contribution < -0.4 is 24.3 Å². The monoisotopic (exact) mass is 402 g/mol. The second-order valence-electron chi connectivity index (χ2n) is 7.32. The van der Waals surface area contributed by atoms with E-state index in [1.807, 2.05) is 65.6 Å². The van der Waals surface area contributed by atoms with Crippen LogP contribution in [0.2, 0.25) is 0 Å². The van der Waals surface area contributed by atoms with Gasteiger partial charge in [-0.05, 0) is 35.9 Å². The molecule has 0 aliphatic carbocycles. The summed E-state index contributed by atoms with van der Waals surface area (Å²) in [5, 5.41) is 3.49. The molecule has 6 rings (SSSR count). The Bertz CT molecular complexity index is 1160. The highest BCUT2D eigenvalue weighted by Crippen LogP contribution is 2.40. The summed E-state index contributed by atoms with van der Waals surface area (Å²) in [6, 6.07) is 19.1. The molecule has 3 heterocycles. The number of hydrogen-bond acceptors (Lipinski definition) is 6. The third kappa shape index (κ3) is 2.70. The summed E-state index contributed by atoms with van der Waals surface area (Å²) >= 11 is 0. The van der Waals surface area contributed by atoms with Gasteiger partial charge in [0.15, 0.2) is 23.0 Å². The summed E-state index contributed by atoms with van der Waals surface area (Å²) in [6.45, 7) is 0.882. The Balaban J connectivity index is 1.33. The van der Waals surface area contributed by atoms with Gasteiger partial charge in [0.25, 0.3) is 5.91 Å². The van der Waals surface area contributed by atoms with Gasteiger partial charge in [-0.2, -0.15) is 0 Å². The highest BCUT2D eigenvalue weighted by molar-refractivity contribution is 5.99. The second kappa shape index (κ2) is 6.59. The second-order valence-corrected chi connectivity index (χ2v) is 7.32. The van der Waals surface area contributed by atoms with Gasteiger partial charge in [-0.3, -0.25) is 4.79 Å². The van der Waals surface area contributed by atoms with Crippen LogP contribution >= 0.6 is 0 Å². The molecule has 7 nitrogen and oxygen atoms in total. The minimum absolute atomic E-state index is 0.0125. The van der Waals surface area contributed by atoms with Gasteiger partial charge in [0, 0.05) is 29.4 Å². The van der Waals surface area contributed by atoms with Crippen LogP contribution in [0.25, 0.3) is 0 Å². The Hall–Kier alpha value is -3.87. The van der Waals surface area contributed by atoms with Gasteiger partial charge in [0.05, 0.1) is 0 Å². The SMILES string of the molecule is O=C1c2ccccc2[C@@H](Nc2ccc3c(c2)OCO3)N1Cc1ccc2c(c1)OCO2. The van der Waals surface area contributed by atoms with Crippen molar-refractivity contribution in [3.63, 3.8) is 0 Å². The largest absolute Gasteiger partial charge is 0.454 e. The number of nitrogens with zero attached hydrogens (tertiary/aromatic N) is 1. The minimum atomic E-state index is -0.306. The number of anilines is 1. The molecule has 0 unspecified atom stereocenters. The van der Waals surface area contributed by atoms with Gasteiger partial charge in [-0.25, -0.2) is 0 Å². The summed E-state index contributed by atoms with van der Waals surface area (Å²) in [5.74, 6) is 2.84. The fourth-order valence-electron chi connectivity index (χ4n) is 4.07. The van der Waals surface area contributed by atoms with E-state index in [-0.39, 0.29) is 25.7 Å². The van der Waals surface area contributed by atoms with Crippen molar-refractivity contribution in [1.82, 2.24) is 4.90 Å². The van der Waals surface area contributed by atoms with Crippen LogP contribution in [0.4, 0.5) is 5.69 Å². The molecule has 0 spiro atoms. The lowest BCUT2D eigenvalue weighted by Crippen LogP contribution is -2.31. The van der Waals surface area contributed by atoms with E-state index in [2.05, 4.69) is 5.32 Å². The molecule has 1 N–H and O–H groups in total. The van der Waals surface area contributed by atoms with Gasteiger partial charge in [0.2, 0.25) is 13.6 Å². The van der Waals surface area contributed by atoms with Gasteiger partial charge >= 0.3 is 0 Å². The van der Waals surface area contributed by atoms with Crippen molar-refractivity contribution in [2.24, 2.45) is 0 Å². The predicted molar refractivity (Wildman–Crippen MR) is 108 cm³/mol. The summed E-state index contributed by atoms with van der Waals surface area (Å²) in [5.41, 5.74) is 3.47. The highest BCUT2D eigenvalue weighted by Gasteiger charge is 2.36. The molecular formula is C23H18N2O5. The normalized spacial score (nSPS) is 17.9. The third-order valence-corrected chi connectivity index (χ3v) is 5.52. The zero-order chi connectivity index (χ0) is 20.1. The van der Waals surface area contributed by atoms with Crippen LogP contribution in [0, 0.1) is 0 Å². The first-order chi connectivity index (χ1) is 14.8. The standard InChI is InChI=1S/C23H18N2O5/c26-23-17-4-2-1-3-16(17)22(24-15-6-8-19-21(10-15)30-13-28-19)25(23)11-14-5-7-18-20(9-14)29-12-27-18/h1-10,22,24H,11-13H2/t22-/m0/s1. The molecular weight excluding hydrogens is 384 g/mol. The summed E-state index contributed by atoms with van der Waals surface area (Å²) in [4.78, 5) is 15.0. The van der Waals surface area contributed by atoms with Crippen molar-refractivity contribution >= 4 is 11.6 Å². The summed E-state index contributed by atoms with van der Waals surface area (Å²) < 4.78 is 21.8. The Morgan fingerprint density at radius 1 is 0.833 bits per heavy atom. The topological polar surface area (TPSA) is 69.3 Å². The lowest BCUT2D eigenvalue weighted by Gasteiger charge is -2.27. The Kier molecular flexibility index (Phi) is 3.74. The molecule has 150 valence electrons. The summed E-state index contributed by atoms with van der Waals surface area (Å²) in [7, 11) is 0. The van der Waals surface area contributed by atoms with E-state index < -0.39 is 0 Å². The smallest absolute Gasteiger partial charge is 0.256 e. The number of rotatable bonds is 4. The number of fused-ring (bicyclic) bond motifs is 3. The maximum Gasteiger partial charge on any atom is 0.256 e. The maximum absolute atomic E-state index is 13.2. The molecule has 0 bridgehead atoms. The number of amides is 1. The van der Waals surface area contributed by atoms with Gasteiger partial charge in [-0.1, -0.05) is 24.3 Å². The van der Waals surface area contributed by atoms with Crippen LogP contribution in [-0.2, 0) is 6.54 Å². The Labute approximate surface area is 172 Å². The van der Waals surface area contributed by atoms with Crippen LogP contribution in [0.3, 0.4) is 0 Å². The van der Waals surface area contributed by atoms with Crippen molar-refractivity contribution in [2.75, 3.05) is 18.9 Å². The zero-order valence-corrected chi connectivity index (χ0v) is 16.0. The van der Waals surface area contributed by atoms with Gasteiger partial charge in [-0.15, -0.1) is 0 Å². The van der Waals surface area contributed by atoms with Gasteiger partial charge in [0.1, 0.15) is 6.17 Å². The van der Waals surface area contributed by atoms with E-state index >= 15 is 0 Å². The first-order valence-electron chi connectivity index (χ1n) is 9.71. The molecule has 1 atom stereocenters. The van der Waals surface area contributed by atoms with Crippen LogP contribution in [0.1, 0.15) is 27.7 Å². The fourth-order valence-corrected chi connectivity index (χ4v) is 4.07. The molecule has 3 aliphatic heterocycles. The van der Waals surface area contributed by atoms with E-state index in [4.69, 9.17) is 18.9 Å². The van der Waals surface area contributed by atoms with Crippen molar-refractivity contribution in [3.8, 4) is 23.0 Å². The third-order valence-electron chi connectivity index (χ3n) is 5.52.